The smallest absolute Gasteiger partial charge is 0.410 e. The van der Waals surface area contributed by atoms with Gasteiger partial charge in [-0.2, -0.15) is 0 Å². The van der Waals surface area contributed by atoms with Gasteiger partial charge in [-0.3, -0.25) is 0 Å². The fourth-order valence-electron chi connectivity index (χ4n) is 5.81. The molecule has 2 fully saturated rings. The second kappa shape index (κ2) is 10.6. The highest BCUT2D eigenvalue weighted by molar-refractivity contribution is 5.69. The molecule has 0 radical (unpaired) electrons. The van der Waals surface area contributed by atoms with Crippen molar-refractivity contribution in [2.24, 2.45) is 11.8 Å². The first kappa shape index (κ1) is 27.3. The molecule has 37 heavy (non-hydrogen) atoms. The zero-order valence-corrected chi connectivity index (χ0v) is 22.9. The SMILES string of the molecule is CC(C)=CCC[C@@]1(C)Oc2c(OCC(=O)O)cccc2[C@H]2O[C@H]3CCN(C(=O)OC(C)(C)C)C[C@@H]3C[C@@H]21. The Morgan fingerprint density at radius 1 is 1.27 bits per heavy atom. The number of nitrogens with zero attached hydrogens (tertiary/aromatic N) is 1. The summed E-state index contributed by atoms with van der Waals surface area (Å²) in [4.78, 5) is 25.8. The first-order valence-electron chi connectivity index (χ1n) is 13.3. The van der Waals surface area contributed by atoms with Crippen LogP contribution < -0.4 is 9.47 Å². The maximum absolute atomic E-state index is 12.8. The van der Waals surface area contributed by atoms with Gasteiger partial charge >= 0.3 is 12.1 Å². The molecule has 1 N–H and O–H groups in total. The molecule has 1 aromatic rings. The van der Waals surface area contributed by atoms with Crippen LogP contribution in [0.4, 0.5) is 4.79 Å². The van der Waals surface area contributed by atoms with Gasteiger partial charge < -0.3 is 29.0 Å². The van der Waals surface area contributed by atoms with Crippen LogP contribution in [-0.2, 0) is 14.3 Å². The fourth-order valence-corrected chi connectivity index (χ4v) is 5.81. The summed E-state index contributed by atoms with van der Waals surface area (Å²) in [7, 11) is 0. The summed E-state index contributed by atoms with van der Waals surface area (Å²) in [6, 6.07) is 5.61. The van der Waals surface area contributed by atoms with Crippen LogP contribution in [-0.4, -0.2) is 59.1 Å². The number of hydrogen-bond donors (Lipinski definition) is 1. The van der Waals surface area contributed by atoms with E-state index < -0.39 is 23.8 Å². The van der Waals surface area contributed by atoms with Crippen LogP contribution in [0.3, 0.4) is 0 Å². The highest BCUT2D eigenvalue weighted by atomic mass is 16.6. The molecule has 0 unspecified atom stereocenters. The van der Waals surface area contributed by atoms with E-state index in [0.29, 0.717) is 24.6 Å². The van der Waals surface area contributed by atoms with E-state index in [4.69, 9.17) is 24.1 Å². The second-order valence-corrected chi connectivity index (χ2v) is 12.0. The lowest BCUT2D eigenvalue weighted by Gasteiger charge is -2.54. The molecule has 0 bridgehead atoms. The summed E-state index contributed by atoms with van der Waals surface area (Å²) in [5.41, 5.74) is 1.07. The molecule has 4 rings (SSSR count). The van der Waals surface area contributed by atoms with Gasteiger partial charge in [0.15, 0.2) is 18.1 Å². The largest absolute Gasteiger partial charge is 0.483 e. The quantitative estimate of drug-likeness (QED) is 0.482. The van der Waals surface area contributed by atoms with Crippen molar-refractivity contribution in [3.05, 3.63) is 35.4 Å². The van der Waals surface area contributed by atoms with Crippen molar-refractivity contribution in [2.45, 2.75) is 90.6 Å². The maximum atomic E-state index is 12.8. The molecule has 0 spiro atoms. The van der Waals surface area contributed by atoms with Crippen molar-refractivity contribution in [3.8, 4) is 11.5 Å². The standard InChI is InChI=1S/C29H41NO7/c1-18(2)9-8-13-29(6)21-15-19-16-30(27(33)37-28(3,4)5)14-12-22(19)35-25(21)20-10-7-11-23(26(20)36-29)34-17-24(31)32/h7,9-11,19,21-22,25H,8,12-17H2,1-6H3,(H,31,32)/t19-,21-,22-,25+,29+/m0/s1. The van der Waals surface area contributed by atoms with Gasteiger partial charge in [0.25, 0.3) is 0 Å². The van der Waals surface area contributed by atoms with Gasteiger partial charge in [-0.1, -0.05) is 23.8 Å². The van der Waals surface area contributed by atoms with Gasteiger partial charge in [-0.05, 0) is 73.3 Å². The van der Waals surface area contributed by atoms with Gasteiger partial charge in [0.1, 0.15) is 11.2 Å². The van der Waals surface area contributed by atoms with Crippen LogP contribution in [0.2, 0.25) is 0 Å². The minimum absolute atomic E-state index is 0.0245. The van der Waals surface area contributed by atoms with Crippen LogP contribution in [0.25, 0.3) is 0 Å². The number of para-hydroxylation sites is 1. The molecule has 3 heterocycles. The van der Waals surface area contributed by atoms with E-state index in [0.717, 1.165) is 31.2 Å². The summed E-state index contributed by atoms with van der Waals surface area (Å²) in [6.45, 7) is 12.7. The predicted octanol–water partition coefficient (Wildman–Crippen LogP) is 5.75. The highest BCUT2D eigenvalue weighted by Gasteiger charge is 2.54. The summed E-state index contributed by atoms with van der Waals surface area (Å²) >= 11 is 0. The lowest BCUT2D eigenvalue weighted by molar-refractivity contribution is -0.191. The monoisotopic (exact) mass is 515 g/mol. The molecule has 204 valence electrons. The Hall–Kier alpha value is -2.74. The third kappa shape index (κ3) is 6.22. The molecule has 3 aliphatic heterocycles. The number of amides is 1. The Labute approximate surface area is 219 Å². The zero-order chi connectivity index (χ0) is 27.0. The van der Waals surface area contributed by atoms with E-state index in [2.05, 4.69) is 26.8 Å². The number of aliphatic carboxylic acids is 1. The molecule has 8 heteroatoms. The minimum Gasteiger partial charge on any atom is -0.483 e. The van der Waals surface area contributed by atoms with Crippen LogP contribution in [0.1, 0.15) is 78.9 Å². The predicted molar refractivity (Wildman–Crippen MR) is 139 cm³/mol. The molecule has 2 saturated heterocycles. The first-order chi connectivity index (χ1) is 17.4. The van der Waals surface area contributed by atoms with E-state index in [1.54, 1.807) is 6.07 Å². The third-order valence-electron chi connectivity index (χ3n) is 7.54. The van der Waals surface area contributed by atoms with E-state index in [-0.39, 0.29) is 30.1 Å². The molecular formula is C29H41NO7. The number of hydrogen-bond acceptors (Lipinski definition) is 6. The number of carboxylic acids is 1. The van der Waals surface area contributed by atoms with Crippen molar-refractivity contribution in [3.63, 3.8) is 0 Å². The van der Waals surface area contributed by atoms with Crippen LogP contribution in [0, 0.1) is 11.8 Å². The number of ether oxygens (including phenoxy) is 4. The molecule has 1 amide bonds. The maximum Gasteiger partial charge on any atom is 0.410 e. The Kier molecular flexibility index (Phi) is 7.79. The van der Waals surface area contributed by atoms with Crippen molar-refractivity contribution >= 4 is 12.1 Å². The topological polar surface area (TPSA) is 94.5 Å². The number of piperidine rings is 1. The van der Waals surface area contributed by atoms with E-state index in [1.807, 2.05) is 37.8 Å². The number of allylic oxidation sites excluding steroid dienone is 2. The average Bonchev–Trinajstić information content (AvgIpc) is 2.80. The van der Waals surface area contributed by atoms with Crippen LogP contribution >= 0.6 is 0 Å². The van der Waals surface area contributed by atoms with Crippen molar-refractivity contribution in [1.82, 2.24) is 4.90 Å². The highest BCUT2D eigenvalue weighted by Crippen LogP contribution is 2.56. The van der Waals surface area contributed by atoms with Gasteiger partial charge in [0.05, 0.1) is 12.2 Å². The van der Waals surface area contributed by atoms with Gasteiger partial charge in [0, 0.05) is 30.5 Å². The van der Waals surface area contributed by atoms with E-state index in [1.165, 1.54) is 5.57 Å². The number of carbonyl (C=O) groups is 2. The van der Waals surface area contributed by atoms with Crippen LogP contribution in [0.15, 0.2) is 29.8 Å². The Bertz CT molecular complexity index is 1040. The Morgan fingerprint density at radius 3 is 2.70 bits per heavy atom. The molecular weight excluding hydrogens is 474 g/mol. The summed E-state index contributed by atoms with van der Waals surface area (Å²) in [5.74, 6) is 0.222. The number of benzene rings is 1. The third-order valence-corrected chi connectivity index (χ3v) is 7.54. The molecule has 0 saturated carbocycles. The van der Waals surface area contributed by atoms with Gasteiger partial charge in [-0.15, -0.1) is 0 Å². The Morgan fingerprint density at radius 2 is 2.03 bits per heavy atom. The lowest BCUT2D eigenvalue weighted by atomic mass is 9.68. The Balaban J connectivity index is 1.62. The fraction of sp³-hybridized carbons (Fsp3) is 0.655. The lowest BCUT2D eigenvalue weighted by Crippen LogP contribution is -2.57. The number of carboxylic acid groups (broad SMARTS) is 1. The zero-order valence-electron chi connectivity index (χ0n) is 22.9. The minimum atomic E-state index is -1.04. The molecule has 0 aliphatic carbocycles. The number of likely N-dealkylation sites (tertiary alicyclic amines) is 1. The number of rotatable bonds is 6. The van der Waals surface area contributed by atoms with Gasteiger partial charge in [-0.25, -0.2) is 9.59 Å². The van der Waals surface area contributed by atoms with Crippen molar-refractivity contribution < 1.29 is 33.6 Å². The summed E-state index contributed by atoms with van der Waals surface area (Å²) in [6.07, 6.45) is 5.01. The summed E-state index contributed by atoms with van der Waals surface area (Å²) < 4.78 is 24.8. The van der Waals surface area contributed by atoms with Crippen molar-refractivity contribution in [1.29, 1.82) is 0 Å². The average molecular weight is 516 g/mol. The second-order valence-electron chi connectivity index (χ2n) is 12.0. The molecule has 3 aliphatic rings. The molecule has 0 aromatic heterocycles. The van der Waals surface area contributed by atoms with Crippen LogP contribution in [0.5, 0.6) is 11.5 Å². The summed E-state index contributed by atoms with van der Waals surface area (Å²) in [5, 5.41) is 9.16. The number of carbonyl (C=O) groups excluding carboxylic acids is 1. The van der Waals surface area contributed by atoms with Crippen molar-refractivity contribution in [2.75, 3.05) is 19.7 Å². The van der Waals surface area contributed by atoms with E-state index >= 15 is 0 Å². The van der Waals surface area contributed by atoms with Gasteiger partial charge in [0.2, 0.25) is 0 Å². The van der Waals surface area contributed by atoms with E-state index in [9.17, 15) is 9.59 Å². The molecule has 8 nitrogen and oxygen atoms in total. The molecule has 5 atom stereocenters. The molecule has 1 aromatic carbocycles. The normalized spacial score (nSPS) is 28.6. The number of fused-ring (bicyclic) bond motifs is 4. The first-order valence-corrected chi connectivity index (χ1v) is 13.3.